The zero-order valence-corrected chi connectivity index (χ0v) is 16.9. The predicted molar refractivity (Wildman–Crippen MR) is 103 cm³/mol. The van der Waals surface area contributed by atoms with E-state index in [1.54, 1.807) is 15.6 Å². The van der Waals surface area contributed by atoms with Gasteiger partial charge in [-0.2, -0.15) is 18.3 Å². The Bertz CT molecular complexity index is 1100. The first-order valence-corrected chi connectivity index (χ1v) is 9.61. The molecule has 1 amide bonds. The van der Waals surface area contributed by atoms with E-state index >= 15 is 0 Å². The third kappa shape index (κ3) is 4.46. The van der Waals surface area contributed by atoms with Crippen LogP contribution in [-0.2, 0) is 10.9 Å². The van der Waals surface area contributed by atoms with Crippen LogP contribution in [0.25, 0.3) is 5.65 Å². The Morgan fingerprint density at radius 2 is 2.06 bits per heavy atom. The summed E-state index contributed by atoms with van der Waals surface area (Å²) in [6.45, 7) is 4.71. The highest BCUT2D eigenvalue weighted by molar-refractivity contribution is 5.95. The van der Waals surface area contributed by atoms with Gasteiger partial charge in [-0.25, -0.2) is 14.5 Å². The highest BCUT2D eigenvalue weighted by Gasteiger charge is 2.31. The molecule has 0 spiro atoms. The first-order valence-electron chi connectivity index (χ1n) is 9.61. The number of carbonyl (C=O) groups excluding carboxylic acids is 1. The summed E-state index contributed by atoms with van der Waals surface area (Å²) in [5, 5.41) is 4.36. The molecule has 1 aliphatic heterocycles. The summed E-state index contributed by atoms with van der Waals surface area (Å²) in [6.07, 6.45) is -2.63. The molecule has 0 radical (unpaired) electrons. The molecule has 3 aromatic rings. The number of pyridine rings is 1. The van der Waals surface area contributed by atoms with Crippen molar-refractivity contribution in [2.24, 2.45) is 0 Å². The summed E-state index contributed by atoms with van der Waals surface area (Å²) in [6, 6.07) is 3.90. The number of morpholine rings is 1. The molecule has 1 saturated heterocycles. The highest BCUT2D eigenvalue weighted by Crippen LogP contribution is 2.29. The number of halogens is 3. The molecule has 3 aromatic heterocycles. The summed E-state index contributed by atoms with van der Waals surface area (Å²) in [5.41, 5.74) is 1.77. The minimum absolute atomic E-state index is 0.0523. The first kappa shape index (κ1) is 21.0. The van der Waals surface area contributed by atoms with Crippen LogP contribution in [0.3, 0.4) is 0 Å². The Balaban J connectivity index is 1.40. The third-order valence-electron chi connectivity index (χ3n) is 4.98. The molecule has 0 saturated carbocycles. The highest BCUT2D eigenvalue weighted by atomic mass is 19.4. The van der Waals surface area contributed by atoms with Gasteiger partial charge in [-0.15, -0.1) is 0 Å². The molecule has 31 heavy (non-hydrogen) atoms. The average Bonchev–Trinajstić information content (AvgIpc) is 3.13. The molecule has 164 valence electrons. The van der Waals surface area contributed by atoms with Crippen molar-refractivity contribution in [2.75, 3.05) is 26.3 Å². The molecular formula is C20H20F3N5O3. The van der Waals surface area contributed by atoms with Crippen molar-refractivity contribution < 1.29 is 27.4 Å². The number of ether oxygens (including phenoxy) is 2. The Morgan fingerprint density at radius 1 is 1.26 bits per heavy atom. The Kier molecular flexibility index (Phi) is 5.52. The van der Waals surface area contributed by atoms with Gasteiger partial charge in [0, 0.05) is 31.1 Å². The van der Waals surface area contributed by atoms with Gasteiger partial charge in [0.05, 0.1) is 35.7 Å². The smallest absolute Gasteiger partial charge is 0.417 e. The van der Waals surface area contributed by atoms with Crippen LogP contribution >= 0.6 is 0 Å². The monoisotopic (exact) mass is 435 g/mol. The second-order valence-electron chi connectivity index (χ2n) is 7.25. The van der Waals surface area contributed by atoms with Crippen LogP contribution in [0.2, 0.25) is 0 Å². The topological polar surface area (TPSA) is 81.9 Å². The maximum absolute atomic E-state index is 13.1. The molecule has 0 aromatic carbocycles. The lowest BCUT2D eigenvalue weighted by atomic mass is 10.2. The van der Waals surface area contributed by atoms with Crippen molar-refractivity contribution in [1.29, 1.82) is 0 Å². The fourth-order valence-corrected chi connectivity index (χ4v) is 3.36. The zero-order valence-electron chi connectivity index (χ0n) is 16.9. The quantitative estimate of drug-likeness (QED) is 0.627. The molecule has 8 nitrogen and oxygen atoms in total. The lowest BCUT2D eigenvalue weighted by Gasteiger charge is -2.33. The maximum atomic E-state index is 13.1. The van der Waals surface area contributed by atoms with Gasteiger partial charge in [-0.3, -0.25) is 4.79 Å². The largest absolute Gasteiger partial charge is 0.475 e. The van der Waals surface area contributed by atoms with E-state index in [-0.39, 0.29) is 24.9 Å². The van der Waals surface area contributed by atoms with E-state index in [0.717, 1.165) is 24.0 Å². The van der Waals surface area contributed by atoms with Gasteiger partial charge >= 0.3 is 6.18 Å². The second kappa shape index (κ2) is 8.14. The van der Waals surface area contributed by atoms with Crippen LogP contribution in [0.15, 0.2) is 30.6 Å². The van der Waals surface area contributed by atoms with Gasteiger partial charge in [0.1, 0.15) is 12.7 Å². The number of hydrogen-bond acceptors (Lipinski definition) is 6. The van der Waals surface area contributed by atoms with E-state index in [1.165, 1.54) is 0 Å². The van der Waals surface area contributed by atoms with Crippen molar-refractivity contribution in [3.05, 3.63) is 53.1 Å². The molecule has 1 atom stereocenters. The van der Waals surface area contributed by atoms with Crippen molar-refractivity contribution in [1.82, 2.24) is 24.5 Å². The van der Waals surface area contributed by atoms with Crippen molar-refractivity contribution in [2.45, 2.75) is 26.1 Å². The van der Waals surface area contributed by atoms with E-state index in [4.69, 9.17) is 9.47 Å². The fraction of sp³-hybridized carbons (Fsp3) is 0.400. The van der Waals surface area contributed by atoms with Crippen LogP contribution in [0.4, 0.5) is 13.2 Å². The first-order chi connectivity index (χ1) is 14.7. The molecule has 11 heteroatoms. The summed E-state index contributed by atoms with van der Waals surface area (Å²) in [7, 11) is 0. The molecule has 0 N–H and O–H groups in total. The van der Waals surface area contributed by atoms with Crippen LogP contribution in [0, 0.1) is 13.8 Å². The van der Waals surface area contributed by atoms with Gasteiger partial charge in [0.2, 0.25) is 5.88 Å². The van der Waals surface area contributed by atoms with E-state index in [2.05, 4.69) is 15.1 Å². The van der Waals surface area contributed by atoms with E-state index in [1.807, 2.05) is 19.9 Å². The number of carbonyl (C=O) groups is 1. The molecule has 4 rings (SSSR count). The van der Waals surface area contributed by atoms with E-state index in [0.29, 0.717) is 30.1 Å². The summed E-state index contributed by atoms with van der Waals surface area (Å²) in [5.74, 6) is -0.138. The predicted octanol–water partition coefficient (Wildman–Crippen LogP) is 2.68. The molecule has 1 aliphatic rings. The van der Waals surface area contributed by atoms with Gasteiger partial charge in [-0.1, -0.05) is 0 Å². The SMILES string of the molecule is Cc1cc2ncc(C(=O)N3CCOC(COc4ccc(C(F)(F)F)cn4)C3)c(C)n2n1. The third-order valence-corrected chi connectivity index (χ3v) is 4.98. The number of amides is 1. The minimum Gasteiger partial charge on any atom is -0.475 e. The Hall–Kier alpha value is -3.21. The number of alkyl halides is 3. The Labute approximate surface area is 175 Å². The van der Waals surface area contributed by atoms with Crippen LogP contribution in [0.5, 0.6) is 5.88 Å². The Morgan fingerprint density at radius 3 is 2.77 bits per heavy atom. The second-order valence-corrected chi connectivity index (χ2v) is 7.25. The van der Waals surface area contributed by atoms with Gasteiger partial charge in [0.25, 0.3) is 5.91 Å². The van der Waals surface area contributed by atoms with Gasteiger partial charge in [-0.05, 0) is 19.9 Å². The zero-order chi connectivity index (χ0) is 22.2. The summed E-state index contributed by atoms with van der Waals surface area (Å²) in [4.78, 5) is 22.7. The molecule has 1 fully saturated rings. The lowest BCUT2D eigenvalue weighted by molar-refractivity contribution is -0.137. The van der Waals surface area contributed by atoms with Crippen molar-refractivity contribution >= 4 is 11.6 Å². The van der Waals surface area contributed by atoms with Crippen molar-refractivity contribution in [3.63, 3.8) is 0 Å². The molecular weight excluding hydrogens is 415 g/mol. The van der Waals surface area contributed by atoms with Crippen LogP contribution in [0.1, 0.15) is 27.3 Å². The number of nitrogens with zero attached hydrogens (tertiary/aromatic N) is 5. The van der Waals surface area contributed by atoms with E-state index in [9.17, 15) is 18.0 Å². The number of fused-ring (bicyclic) bond motifs is 1. The number of aromatic nitrogens is 4. The van der Waals surface area contributed by atoms with Crippen LogP contribution in [-0.4, -0.2) is 62.8 Å². The average molecular weight is 435 g/mol. The maximum Gasteiger partial charge on any atom is 0.417 e. The van der Waals surface area contributed by atoms with Crippen molar-refractivity contribution in [3.8, 4) is 5.88 Å². The standard InChI is InChI=1S/C20H20F3N5O3/c1-12-7-17-24-9-16(13(2)28(17)26-12)19(29)27-5-6-30-15(10-27)11-31-18-4-3-14(8-25-18)20(21,22)23/h3-4,7-9,15H,5-6,10-11H2,1-2H3. The summed E-state index contributed by atoms with van der Waals surface area (Å²) >= 11 is 0. The molecule has 4 heterocycles. The van der Waals surface area contributed by atoms with E-state index < -0.39 is 17.8 Å². The molecule has 0 aliphatic carbocycles. The van der Waals surface area contributed by atoms with Gasteiger partial charge in [0.15, 0.2) is 5.65 Å². The number of rotatable bonds is 4. The normalized spacial score (nSPS) is 17.2. The molecule has 0 bridgehead atoms. The minimum atomic E-state index is -4.45. The fourth-order valence-electron chi connectivity index (χ4n) is 3.36. The van der Waals surface area contributed by atoms with Crippen LogP contribution < -0.4 is 4.74 Å². The lowest BCUT2D eigenvalue weighted by Crippen LogP contribution is -2.47. The number of hydrogen-bond donors (Lipinski definition) is 0. The van der Waals surface area contributed by atoms with Gasteiger partial charge < -0.3 is 14.4 Å². The molecule has 1 unspecified atom stereocenters. The number of aryl methyl sites for hydroxylation is 2. The summed E-state index contributed by atoms with van der Waals surface area (Å²) < 4.78 is 50.6.